The van der Waals surface area contributed by atoms with Gasteiger partial charge in [0, 0.05) is 11.8 Å². The van der Waals surface area contributed by atoms with Crippen molar-refractivity contribution in [2.45, 2.75) is 38.5 Å². The Balaban J connectivity index is 3.65. The Morgan fingerprint density at radius 2 is 1.71 bits per heavy atom. The van der Waals surface area contributed by atoms with Crippen LogP contribution in [0.25, 0.3) is 0 Å². The van der Waals surface area contributed by atoms with E-state index in [1.54, 1.807) is 0 Å². The highest BCUT2D eigenvalue weighted by Crippen LogP contribution is 2.38. The number of benzene rings is 1. The van der Waals surface area contributed by atoms with E-state index in [0.29, 0.717) is 0 Å². The van der Waals surface area contributed by atoms with Gasteiger partial charge in [-0.2, -0.15) is 13.2 Å². The second-order valence-electron chi connectivity index (χ2n) is 6.52. The van der Waals surface area contributed by atoms with Crippen LogP contribution in [0.2, 0.25) is 0 Å². The summed E-state index contributed by atoms with van der Waals surface area (Å²) in [5, 5.41) is 9.48. The Morgan fingerprint density at radius 1 is 1.21 bits per heavy atom. The summed E-state index contributed by atoms with van der Waals surface area (Å²) in [4.78, 5) is 12.4. The number of nitrogens with zero attached hydrogens (tertiary/aromatic N) is 1. The topological polar surface area (TPSA) is 74.7 Å². The molecular formula is C15H20F3NO4S. The van der Waals surface area contributed by atoms with Gasteiger partial charge in [-0.15, -0.1) is 0 Å². The van der Waals surface area contributed by atoms with Crippen LogP contribution in [0.4, 0.5) is 18.0 Å². The molecule has 9 heteroatoms. The molecule has 0 saturated heterocycles. The summed E-state index contributed by atoms with van der Waals surface area (Å²) >= 11 is 0. The van der Waals surface area contributed by atoms with E-state index in [2.05, 4.69) is 0 Å². The van der Waals surface area contributed by atoms with Gasteiger partial charge >= 0.3 is 12.3 Å². The fourth-order valence-corrected chi connectivity index (χ4v) is 3.43. The molecule has 24 heavy (non-hydrogen) atoms. The SMILES string of the molecule is CC(C)(C)N(C(=O)O)C(CS(C)(=O)=O)c1ccccc1C(F)(F)F. The van der Waals surface area contributed by atoms with E-state index in [9.17, 15) is 31.5 Å². The molecule has 0 aliphatic carbocycles. The smallest absolute Gasteiger partial charge is 0.416 e. The van der Waals surface area contributed by atoms with E-state index in [-0.39, 0.29) is 5.56 Å². The molecule has 0 radical (unpaired) electrons. The lowest BCUT2D eigenvalue weighted by Crippen LogP contribution is -2.49. The number of alkyl halides is 3. The Kier molecular flexibility index (Phi) is 5.59. The number of sulfone groups is 1. The van der Waals surface area contributed by atoms with Crippen LogP contribution in [0.5, 0.6) is 0 Å². The summed E-state index contributed by atoms with van der Waals surface area (Å²) in [6.07, 6.45) is -5.36. The van der Waals surface area contributed by atoms with E-state index in [0.717, 1.165) is 23.3 Å². The zero-order chi connectivity index (χ0) is 18.9. The predicted octanol–water partition coefficient (Wildman–Crippen LogP) is 3.57. The zero-order valence-electron chi connectivity index (χ0n) is 13.8. The van der Waals surface area contributed by atoms with E-state index >= 15 is 0 Å². The number of rotatable bonds is 4. The molecule has 0 saturated carbocycles. The van der Waals surface area contributed by atoms with Crippen LogP contribution < -0.4 is 0 Å². The molecule has 0 spiro atoms. The first-order chi connectivity index (χ1) is 10.6. The van der Waals surface area contributed by atoms with E-state index < -0.39 is 45.0 Å². The minimum absolute atomic E-state index is 0.382. The summed E-state index contributed by atoms with van der Waals surface area (Å²) in [5.41, 5.74) is -2.53. The zero-order valence-corrected chi connectivity index (χ0v) is 14.6. The van der Waals surface area contributed by atoms with Crippen molar-refractivity contribution in [3.8, 4) is 0 Å². The molecule has 0 aliphatic rings. The molecule has 1 aromatic carbocycles. The monoisotopic (exact) mass is 367 g/mol. The van der Waals surface area contributed by atoms with Crippen LogP contribution in [0.15, 0.2) is 24.3 Å². The average molecular weight is 367 g/mol. The highest BCUT2D eigenvalue weighted by atomic mass is 32.2. The van der Waals surface area contributed by atoms with Crippen molar-refractivity contribution in [2.75, 3.05) is 12.0 Å². The Hall–Kier alpha value is -1.77. The van der Waals surface area contributed by atoms with Crippen molar-refractivity contribution in [3.63, 3.8) is 0 Å². The number of carboxylic acid groups (broad SMARTS) is 1. The van der Waals surface area contributed by atoms with E-state index in [1.165, 1.54) is 32.9 Å². The van der Waals surface area contributed by atoms with Gasteiger partial charge in [-0.3, -0.25) is 4.90 Å². The van der Waals surface area contributed by atoms with Gasteiger partial charge in [-0.25, -0.2) is 13.2 Å². The lowest BCUT2D eigenvalue weighted by Gasteiger charge is -2.40. The van der Waals surface area contributed by atoms with Crippen LogP contribution in [-0.4, -0.2) is 42.1 Å². The first kappa shape index (κ1) is 20.3. The van der Waals surface area contributed by atoms with Gasteiger partial charge in [-0.05, 0) is 32.4 Å². The van der Waals surface area contributed by atoms with Gasteiger partial charge in [0.2, 0.25) is 0 Å². The van der Waals surface area contributed by atoms with Crippen molar-refractivity contribution < 1.29 is 31.5 Å². The molecule has 0 aromatic heterocycles. The van der Waals surface area contributed by atoms with Crippen molar-refractivity contribution in [3.05, 3.63) is 35.4 Å². The summed E-state index contributed by atoms with van der Waals surface area (Å²) in [6, 6.07) is 2.94. The second kappa shape index (κ2) is 6.62. The highest BCUT2D eigenvalue weighted by Gasteiger charge is 2.41. The van der Waals surface area contributed by atoms with Crippen molar-refractivity contribution >= 4 is 15.9 Å². The molecule has 1 amide bonds. The van der Waals surface area contributed by atoms with Gasteiger partial charge in [0.05, 0.1) is 17.4 Å². The van der Waals surface area contributed by atoms with E-state index in [1.807, 2.05) is 0 Å². The number of hydrogen-bond acceptors (Lipinski definition) is 3. The molecular weight excluding hydrogens is 347 g/mol. The third-order valence-electron chi connectivity index (χ3n) is 3.33. The highest BCUT2D eigenvalue weighted by molar-refractivity contribution is 7.90. The standard InChI is InChI=1S/C15H20F3NO4S/c1-14(2,3)19(13(20)21)12(9-24(4,22)23)10-7-5-6-8-11(10)15(16,17)18/h5-8,12H,9H2,1-4H3,(H,20,21). The van der Waals surface area contributed by atoms with Crippen LogP contribution in [0.3, 0.4) is 0 Å². The van der Waals surface area contributed by atoms with Crippen LogP contribution >= 0.6 is 0 Å². The third-order valence-corrected chi connectivity index (χ3v) is 4.25. The first-order valence-corrected chi connectivity index (χ1v) is 9.07. The molecule has 0 bridgehead atoms. The summed E-state index contributed by atoms with van der Waals surface area (Å²) in [7, 11) is -3.74. The molecule has 1 atom stereocenters. The minimum atomic E-state index is -4.73. The quantitative estimate of drug-likeness (QED) is 0.883. The maximum atomic E-state index is 13.3. The fourth-order valence-electron chi connectivity index (χ4n) is 2.52. The van der Waals surface area contributed by atoms with Crippen molar-refractivity contribution in [1.29, 1.82) is 0 Å². The maximum Gasteiger partial charge on any atom is 0.416 e. The van der Waals surface area contributed by atoms with Gasteiger partial charge in [0.15, 0.2) is 0 Å². The predicted molar refractivity (Wildman–Crippen MR) is 83.5 cm³/mol. The van der Waals surface area contributed by atoms with Gasteiger partial charge in [0.1, 0.15) is 9.84 Å². The molecule has 0 heterocycles. The number of hydrogen-bond donors (Lipinski definition) is 1. The Labute approximate surface area is 139 Å². The summed E-state index contributed by atoms with van der Waals surface area (Å²) in [6.45, 7) is 4.48. The van der Waals surface area contributed by atoms with Crippen LogP contribution in [0, 0.1) is 0 Å². The molecule has 0 fully saturated rings. The lowest BCUT2D eigenvalue weighted by atomic mass is 9.95. The normalized spacial score (nSPS) is 14.3. The fraction of sp³-hybridized carbons (Fsp3) is 0.533. The van der Waals surface area contributed by atoms with Gasteiger partial charge < -0.3 is 5.11 Å². The average Bonchev–Trinajstić information content (AvgIpc) is 2.33. The second-order valence-corrected chi connectivity index (χ2v) is 8.70. The third kappa shape index (κ3) is 5.12. The van der Waals surface area contributed by atoms with Crippen LogP contribution in [0.1, 0.15) is 37.9 Å². The molecule has 1 N–H and O–H groups in total. The van der Waals surface area contributed by atoms with Gasteiger partial charge in [0.25, 0.3) is 0 Å². The Morgan fingerprint density at radius 3 is 2.08 bits per heavy atom. The van der Waals surface area contributed by atoms with Crippen molar-refractivity contribution in [2.24, 2.45) is 0 Å². The molecule has 1 unspecified atom stereocenters. The van der Waals surface area contributed by atoms with Gasteiger partial charge in [-0.1, -0.05) is 18.2 Å². The molecule has 0 aliphatic heterocycles. The summed E-state index contributed by atoms with van der Waals surface area (Å²) in [5.74, 6) is -0.746. The van der Waals surface area contributed by atoms with Crippen molar-refractivity contribution in [1.82, 2.24) is 4.90 Å². The number of carbonyl (C=O) groups is 1. The Bertz CT molecular complexity index is 708. The lowest BCUT2D eigenvalue weighted by molar-refractivity contribution is -0.138. The minimum Gasteiger partial charge on any atom is -0.465 e. The summed E-state index contributed by atoms with van der Waals surface area (Å²) < 4.78 is 63.3. The molecule has 136 valence electrons. The van der Waals surface area contributed by atoms with E-state index in [4.69, 9.17) is 0 Å². The molecule has 5 nitrogen and oxygen atoms in total. The first-order valence-electron chi connectivity index (χ1n) is 7.00. The largest absolute Gasteiger partial charge is 0.465 e. The molecule has 1 rings (SSSR count). The number of amides is 1. The maximum absolute atomic E-state index is 13.3. The molecule has 1 aromatic rings. The van der Waals surface area contributed by atoms with Crippen LogP contribution in [-0.2, 0) is 16.0 Å². The number of halogens is 3.